The molecule has 0 amide bonds. The number of nitrogens with one attached hydrogen (secondary N) is 2. The van der Waals surface area contributed by atoms with Crippen molar-refractivity contribution in [3.8, 4) is 0 Å². The van der Waals surface area contributed by atoms with E-state index in [0.29, 0.717) is 12.2 Å². The molecule has 2 aromatic carbocycles. The summed E-state index contributed by atoms with van der Waals surface area (Å²) < 4.78 is 0. The fraction of sp³-hybridized carbons (Fsp3) is 0.125. The van der Waals surface area contributed by atoms with Crippen LogP contribution >= 0.6 is 0 Å². The molecule has 3 aromatic rings. The second kappa shape index (κ2) is 5.28. The zero-order valence-corrected chi connectivity index (χ0v) is 11.6. The number of aromatic nitrogens is 1. The molecule has 0 radical (unpaired) electrons. The number of fused-ring (bicyclic) bond motifs is 1. The molecule has 0 unspecified atom stereocenters. The molecule has 0 aliphatic rings. The average molecular weight is 281 g/mol. The minimum absolute atomic E-state index is 0.106. The largest absolute Gasteiger partial charge is 0.375 e. The molecule has 5 nitrogen and oxygen atoms in total. The summed E-state index contributed by atoms with van der Waals surface area (Å²) in [5.41, 5.74) is 3.67. The lowest BCUT2D eigenvalue weighted by Gasteiger charge is -2.07. The summed E-state index contributed by atoms with van der Waals surface area (Å²) in [6.07, 6.45) is 1.93. The molecule has 21 heavy (non-hydrogen) atoms. The quantitative estimate of drug-likeness (QED) is 0.561. The third kappa shape index (κ3) is 2.58. The molecular weight excluding hydrogens is 266 g/mol. The van der Waals surface area contributed by atoms with Crippen LogP contribution in [-0.4, -0.2) is 9.91 Å². The van der Waals surface area contributed by atoms with Gasteiger partial charge in [-0.15, -0.1) is 0 Å². The van der Waals surface area contributed by atoms with Gasteiger partial charge in [0.25, 0.3) is 5.69 Å². The summed E-state index contributed by atoms with van der Waals surface area (Å²) in [5.74, 6) is 0. The Morgan fingerprint density at radius 2 is 2.05 bits per heavy atom. The zero-order chi connectivity index (χ0) is 14.8. The molecule has 0 fully saturated rings. The number of benzene rings is 2. The Balaban J connectivity index is 1.87. The van der Waals surface area contributed by atoms with Gasteiger partial charge in [-0.2, -0.15) is 0 Å². The molecule has 0 aliphatic carbocycles. The summed E-state index contributed by atoms with van der Waals surface area (Å²) in [7, 11) is 0. The van der Waals surface area contributed by atoms with Crippen LogP contribution in [0.2, 0.25) is 0 Å². The molecule has 1 heterocycles. The number of rotatable bonds is 4. The molecule has 1 aromatic heterocycles. The van der Waals surface area contributed by atoms with Gasteiger partial charge in [-0.1, -0.05) is 24.3 Å². The van der Waals surface area contributed by atoms with Crippen molar-refractivity contribution in [2.75, 3.05) is 5.32 Å². The molecule has 3 rings (SSSR count). The number of aromatic amines is 1. The van der Waals surface area contributed by atoms with E-state index in [1.165, 1.54) is 0 Å². The summed E-state index contributed by atoms with van der Waals surface area (Å²) in [4.78, 5) is 13.9. The molecule has 0 saturated heterocycles. The number of hydrogen-bond donors (Lipinski definition) is 2. The van der Waals surface area contributed by atoms with Crippen molar-refractivity contribution in [2.45, 2.75) is 13.5 Å². The van der Waals surface area contributed by atoms with Crippen LogP contribution in [-0.2, 0) is 6.54 Å². The van der Waals surface area contributed by atoms with E-state index in [9.17, 15) is 10.1 Å². The number of nitrogens with zero attached hydrogens (tertiary/aromatic N) is 1. The van der Waals surface area contributed by atoms with Crippen molar-refractivity contribution in [3.63, 3.8) is 0 Å². The number of nitro benzene ring substituents is 1. The molecule has 0 aliphatic heterocycles. The standard InChI is InChI=1S/C16H15N3O2/c1-11-6-7-15(16(8-11)19(20)21)18-10-12-9-17-14-5-3-2-4-13(12)14/h2-9,17-18H,10H2,1H3. The molecule has 106 valence electrons. The second-order valence-corrected chi connectivity index (χ2v) is 4.99. The fourth-order valence-electron chi connectivity index (χ4n) is 2.41. The Hall–Kier alpha value is -2.82. The number of aryl methyl sites for hydroxylation is 1. The molecule has 5 heteroatoms. The molecule has 0 atom stereocenters. The summed E-state index contributed by atoms with van der Waals surface area (Å²) >= 11 is 0. The van der Waals surface area contributed by atoms with Gasteiger partial charge < -0.3 is 10.3 Å². The molecule has 0 spiro atoms. The Bertz CT molecular complexity index is 808. The Morgan fingerprint density at radius 1 is 1.24 bits per heavy atom. The van der Waals surface area contributed by atoms with Gasteiger partial charge in [0.1, 0.15) is 5.69 Å². The van der Waals surface area contributed by atoms with Crippen LogP contribution in [0.15, 0.2) is 48.7 Å². The third-order valence-corrected chi connectivity index (χ3v) is 3.49. The zero-order valence-electron chi connectivity index (χ0n) is 11.6. The van der Waals surface area contributed by atoms with E-state index >= 15 is 0 Å². The van der Waals surface area contributed by atoms with Gasteiger partial charge in [0, 0.05) is 29.7 Å². The molecule has 2 N–H and O–H groups in total. The van der Waals surface area contributed by atoms with Crippen LogP contribution in [0, 0.1) is 17.0 Å². The van der Waals surface area contributed by atoms with E-state index in [1.54, 1.807) is 12.1 Å². The van der Waals surface area contributed by atoms with Crippen molar-refractivity contribution in [2.24, 2.45) is 0 Å². The summed E-state index contributed by atoms with van der Waals surface area (Å²) in [5, 5.41) is 15.4. The van der Waals surface area contributed by atoms with Crippen LogP contribution in [0.25, 0.3) is 10.9 Å². The van der Waals surface area contributed by atoms with Crippen molar-refractivity contribution in [3.05, 3.63) is 69.9 Å². The van der Waals surface area contributed by atoms with Gasteiger partial charge >= 0.3 is 0 Å². The van der Waals surface area contributed by atoms with Crippen LogP contribution in [0.1, 0.15) is 11.1 Å². The maximum Gasteiger partial charge on any atom is 0.292 e. The lowest BCUT2D eigenvalue weighted by atomic mass is 10.1. The van der Waals surface area contributed by atoms with Crippen molar-refractivity contribution >= 4 is 22.3 Å². The van der Waals surface area contributed by atoms with Crippen LogP contribution in [0.4, 0.5) is 11.4 Å². The third-order valence-electron chi connectivity index (χ3n) is 3.49. The van der Waals surface area contributed by atoms with Gasteiger partial charge in [-0.25, -0.2) is 0 Å². The Morgan fingerprint density at radius 3 is 2.86 bits per heavy atom. The van der Waals surface area contributed by atoms with E-state index in [4.69, 9.17) is 0 Å². The predicted octanol–water partition coefficient (Wildman–Crippen LogP) is 4.00. The van der Waals surface area contributed by atoms with E-state index < -0.39 is 0 Å². The fourth-order valence-corrected chi connectivity index (χ4v) is 2.41. The number of para-hydroxylation sites is 1. The monoisotopic (exact) mass is 281 g/mol. The molecular formula is C16H15N3O2. The van der Waals surface area contributed by atoms with Gasteiger partial charge in [0.05, 0.1) is 4.92 Å². The molecule has 0 saturated carbocycles. The number of anilines is 1. The highest BCUT2D eigenvalue weighted by Gasteiger charge is 2.13. The Labute approximate surface area is 121 Å². The minimum atomic E-state index is -0.357. The topological polar surface area (TPSA) is 71.0 Å². The first-order chi connectivity index (χ1) is 10.1. The number of H-pyrrole nitrogens is 1. The SMILES string of the molecule is Cc1ccc(NCc2c[nH]c3ccccc23)c([N+](=O)[O-])c1. The first kappa shape index (κ1) is 13.2. The van der Waals surface area contributed by atoms with Crippen LogP contribution < -0.4 is 5.32 Å². The van der Waals surface area contributed by atoms with Crippen LogP contribution in [0.5, 0.6) is 0 Å². The normalized spacial score (nSPS) is 10.7. The predicted molar refractivity (Wildman–Crippen MR) is 83.5 cm³/mol. The minimum Gasteiger partial charge on any atom is -0.375 e. The maximum absolute atomic E-state index is 11.1. The van der Waals surface area contributed by atoms with Crippen molar-refractivity contribution in [1.82, 2.24) is 4.98 Å². The highest BCUT2D eigenvalue weighted by atomic mass is 16.6. The van der Waals surface area contributed by atoms with E-state index in [1.807, 2.05) is 43.5 Å². The van der Waals surface area contributed by atoms with E-state index in [-0.39, 0.29) is 10.6 Å². The van der Waals surface area contributed by atoms with E-state index in [2.05, 4.69) is 10.3 Å². The summed E-state index contributed by atoms with van der Waals surface area (Å²) in [6, 6.07) is 13.2. The molecule has 0 bridgehead atoms. The second-order valence-electron chi connectivity index (χ2n) is 4.99. The van der Waals surface area contributed by atoms with Crippen LogP contribution in [0.3, 0.4) is 0 Å². The average Bonchev–Trinajstić information content (AvgIpc) is 2.89. The highest BCUT2D eigenvalue weighted by molar-refractivity contribution is 5.83. The van der Waals surface area contributed by atoms with E-state index in [0.717, 1.165) is 22.0 Å². The number of hydrogen-bond acceptors (Lipinski definition) is 3. The highest BCUT2D eigenvalue weighted by Crippen LogP contribution is 2.26. The lowest BCUT2D eigenvalue weighted by Crippen LogP contribution is -2.02. The Kier molecular flexibility index (Phi) is 3.31. The maximum atomic E-state index is 11.1. The van der Waals surface area contributed by atoms with Gasteiger partial charge in [0.15, 0.2) is 0 Å². The van der Waals surface area contributed by atoms with Gasteiger partial charge in [-0.3, -0.25) is 10.1 Å². The smallest absolute Gasteiger partial charge is 0.292 e. The summed E-state index contributed by atoms with van der Waals surface area (Å²) in [6.45, 7) is 2.38. The van der Waals surface area contributed by atoms with Crippen molar-refractivity contribution < 1.29 is 4.92 Å². The van der Waals surface area contributed by atoms with Gasteiger partial charge in [0.2, 0.25) is 0 Å². The van der Waals surface area contributed by atoms with Gasteiger partial charge in [-0.05, 0) is 30.2 Å². The number of nitro groups is 1. The first-order valence-corrected chi connectivity index (χ1v) is 6.69. The van der Waals surface area contributed by atoms with Crippen molar-refractivity contribution in [1.29, 1.82) is 0 Å². The lowest BCUT2D eigenvalue weighted by molar-refractivity contribution is -0.384. The first-order valence-electron chi connectivity index (χ1n) is 6.69.